The Kier molecular flexibility index (Phi) is 2.87. The van der Waals surface area contributed by atoms with Gasteiger partial charge in [0.2, 0.25) is 0 Å². The van der Waals surface area contributed by atoms with Crippen LogP contribution in [-0.4, -0.2) is 41.4 Å². The Bertz CT molecular complexity index is 290. The van der Waals surface area contributed by atoms with E-state index in [0.717, 1.165) is 4.90 Å². The first kappa shape index (κ1) is 13.1. The van der Waals surface area contributed by atoms with E-state index >= 15 is 0 Å². The Labute approximate surface area is 91.5 Å². The van der Waals surface area contributed by atoms with Crippen molar-refractivity contribution in [3.8, 4) is 0 Å². The van der Waals surface area contributed by atoms with Crippen molar-refractivity contribution in [3.63, 3.8) is 0 Å². The van der Waals surface area contributed by atoms with Gasteiger partial charge in [0.05, 0.1) is 13.1 Å². The van der Waals surface area contributed by atoms with Gasteiger partial charge in [-0.05, 0) is 20.8 Å². The molecule has 0 aromatic carbocycles. The highest BCUT2D eigenvalue weighted by Gasteiger charge is 2.60. The molecule has 1 saturated heterocycles. The van der Waals surface area contributed by atoms with Gasteiger partial charge in [-0.1, -0.05) is 0 Å². The molecule has 1 amide bonds. The smallest absolute Gasteiger partial charge is 0.410 e. The number of halogens is 3. The molecule has 4 nitrogen and oxygen atoms in total. The molecule has 1 aliphatic heterocycles. The van der Waals surface area contributed by atoms with Gasteiger partial charge in [-0.25, -0.2) is 4.79 Å². The van der Waals surface area contributed by atoms with E-state index in [1.165, 1.54) is 0 Å². The van der Waals surface area contributed by atoms with E-state index in [2.05, 4.69) is 0 Å². The Hall–Kier alpha value is -0.980. The summed E-state index contributed by atoms with van der Waals surface area (Å²) in [7, 11) is 0. The second-order valence-corrected chi connectivity index (χ2v) is 4.99. The number of hydrogen-bond acceptors (Lipinski definition) is 3. The molecule has 1 aliphatic rings. The molecule has 7 heteroatoms. The lowest BCUT2D eigenvalue weighted by atomic mass is 9.91. The minimum Gasteiger partial charge on any atom is -0.444 e. The third-order valence-corrected chi connectivity index (χ3v) is 2.16. The zero-order valence-electron chi connectivity index (χ0n) is 9.39. The fourth-order valence-electron chi connectivity index (χ4n) is 1.27. The minimum atomic E-state index is -4.49. The molecule has 0 saturated carbocycles. The van der Waals surface area contributed by atoms with Gasteiger partial charge in [0.15, 0.2) is 0 Å². The van der Waals surface area contributed by atoms with E-state index in [1.54, 1.807) is 20.8 Å². The van der Waals surface area contributed by atoms with Crippen LogP contribution in [0.1, 0.15) is 20.8 Å². The number of carbonyl (C=O) groups excluding carboxylic acids is 1. The SMILES string of the molecule is CC(C)(C)OC(=O)N1CC(N)(C(F)(F)F)C1. The predicted octanol–water partition coefficient (Wildman–Crippen LogP) is 1.50. The maximum absolute atomic E-state index is 12.4. The molecule has 0 aliphatic carbocycles. The van der Waals surface area contributed by atoms with Gasteiger partial charge in [-0.2, -0.15) is 13.2 Å². The number of carbonyl (C=O) groups is 1. The van der Waals surface area contributed by atoms with Gasteiger partial charge in [0.25, 0.3) is 0 Å². The van der Waals surface area contributed by atoms with Crippen molar-refractivity contribution in [1.82, 2.24) is 4.90 Å². The average molecular weight is 240 g/mol. The Balaban J connectivity index is 2.51. The van der Waals surface area contributed by atoms with Crippen LogP contribution >= 0.6 is 0 Å². The summed E-state index contributed by atoms with van der Waals surface area (Å²) in [5.41, 5.74) is 2.09. The fourth-order valence-corrected chi connectivity index (χ4v) is 1.27. The van der Waals surface area contributed by atoms with Gasteiger partial charge in [0.1, 0.15) is 11.1 Å². The molecule has 1 heterocycles. The molecule has 16 heavy (non-hydrogen) atoms. The summed E-state index contributed by atoms with van der Waals surface area (Å²) in [6, 6.07) is 0. The van der Waals surface area contributed by atoms with Crippen molar-refractivity contribution in [1.29, 1.82) is 0 Å². The lowest BCUT2D eigenvalue weighted by Gasteiger charge is -2.47. The van der Waals surface area contributed by atoms with Crippen LogP contribution in [-0.2, 0) is 4.74 Å². The van der Waals surface area contributed by atoms with E-state index in [0.29, 0.717) is 0 Å². The molecular formula is C9H15F3N2O2. The number of ether oxygens (including phenoxy) is 1. The highest BCUT2D eigenvalue weighted by atomic mass is 19.4. The molecule has 94 valence electrons. The van der Waals surface area contributed by atoms with Gasteiger partial charge < -0.3 is 15.4 Å². The largest absolute Gasteiger partial charge is 0.444 e. The lowest BCUT2D eigenvalue weighted by Crippen LogP contribution is -2.75. The normalized spacial score (nSPS) is 20.3. The number of nitrogens with zero attached hydrogens (tertiary/aromatic N) is 1. The molecule has 1 fully saturated rings. The number of hydrogen-bond donors (Lipinski definition) is 1. The first-order valence-electron chi connectivity index (χ1n) is 4.78. The second-order valence-electron chi connectivity index (χ2n) is 4.99. The summed E-state index contributed by atoms with van der Waals surface area (Å²) >= 11 is 0. The monoisotopic (exact) mass is 240 g/mol. The van der Waals surface area contributed by atoms with Crippen LogP contribution < -0.4 is 5.73 Å². The summed E-state index contributed by atoms with van der Waals surface area (Å²) in [6.07, 6.45) is -5.26. The summed E-state index contributed by atoms with van der Waals surface area (Å²) in [5.74, 6) is 0. The first-order valence-corrected chi connectivity index (χ1v) is 4.78. The van der Waals surface area contributed by atoms with Crippen LogP contribution in [0.3, 0.4) is 0 Å². The van der Waals surface area contributed by atoms with Crippen LogP contribution in [0.2, 0.25) is 0 Å². The molecule has 0 aromatic rings. The number of nitrogens with two attached hydrogens (primary N) is 1. The van der Waals surface area contributed by atoms with Crippen molar-refractivity contribution < 1.29 is 22.7 Å². The number of rotatable bonds is 0. The summed E-state index contributed by atoms with van der Waals surface area (Å²) < 4.78 is 42.0. The predicted molar refractivity (Wildman–Crippen MR) is 50.8 cm³/mol. The van der Waals surface area contributed by atoms with E-state index < -0.39 is 36.5 Å². The molecule has 0 atom stereocenters. The first-order chi connectivity index (χ1) is 6.95. The van der Waals surface area contributed by atoms with E-state index in [4.69, 9.17) is 10.5 Å². The molecule has 0 radical (unpaired) electrons. The standard InChI is InChI=1S/C9H15F3N2O2/c1-7(2,3)16-6(15)14-4-8(13,5-14)9(10,11)12/h4-5,13H2,1-3H3. The average Bonchev–Trinajstić information content (AvgIpc) is 1.92. The van der Waals surface area contributed by atoms with Crippen molar-refractivity contribution in [3.05, 3.63) is 0 Å². The van der Waals surface area contributed by atoms with Crippen LogP contribution in [0.25, 0.3) is 0 Å². The molecular weight excluding hydrogens is 225 g/mol. The van der Waals surface area contributed by atoms with Crippen molar-refractivity contribution in [2.45, 2.75) is 38.1 Å². The number of alkyl halides is 3. The van der Waals surface area contributed by atoms with Crippen molar-refractivity contribution >= 4 is 6.09 Å². The van der Waals surface area contributed by atoms with Gasteiger partial charge in [-0.15, -0.1) is 0 Å². The second kappa shape index (κ2) is 3.51. The van der Waals surface area contributed by atoms with E-state index in [1.807, 2.05) is 0 Å². The molecule has 0 unspecified atom stereocenters. The summed E-state index contributed by atoms with van der Waals surface area (Å²) in [4.78, 5) is 12.3. The van der Waals surface area contributed by atoms with Crippen molar-refractivity contribution in [2.75, 3.05) is 13.1 Å². The summed E-state index contributed by atoms with van der Waals surface area (Å²) in [6.45, 7) is 3.83. The van der Waals surface area contributed by atoms with E-state index in [-0.39, 0.29) is 0 Å². The number of likely N-dealkylation sites (tertiary alicyclic amines) is 1. The topological polar surface area (TPSA) is 55.6 Å². The fraction of sp³-hybridized carbons (Fsp3) is 0.889. The van der Waals surface area contributed by atoms with Gasteiger partial charge in [0, 0.05) is 0 Å². The highest BCUT2D eigenvalue weighted by molar-refractivity contribution is 5.70. The maximum Gasteiger partial charge on any atom is 0.410 e. The zero-order chi connectivity index (χ0) is 12.8. The van der Waals surface area contributed by atoms with Gasteiger partial charge >= 0.3 is 12.3 Å². The minimum absolute atomic E-state index is 0.550. The third-order valence-electron chi connectivity index (χ3n) is 2.16. The molecule has 0 spiro atoms. The zero-order valence-corrected chi connectivity index (χ0v) is 9.39. The highest BCUT2D eigenvalue weighted by Crippen LogP contribution is 2.36. The Morgan fingerprint density at radius 2 is 1.75 bits per heavy atom. The third kappa shape index (κ3) is 2.58. The molecule has 1 rings (SSSR count). The molecule has 2 N–H and O–H groups in total. The van der Waals surface area contributed by atoms with Crippen LogP contribution in [0.5, 0.6) is 0 Å². The molecule has 0 bridgehead atoms. The lowest BCUT2D eigenvalue weighted by molar-refractivity contribution is -0.218. The number of amides is 1. The Morgan fingerprint density at radius 1 is 1.31 bits per heavy atom. The van der Waals surface area contributed by atoms with Crippen LogP contribution in [0.4, 0.5) is 18.0 Å². The van der Waals surface area contributed by atoms with Gasteiger partial charge in [-0.3, -0.25) is 0 Å². The maximum atomic E-state index is 12.4. The Morgan fingerprint density at radius 3 is 2.06 bits per heavy atom. The molecule has 0 aromatic heterocycles. The quantitative estimate of drug-likeness (QED) is 0.698. The summed E-state index contributed by atoms with van der Waals surface area (Å²) in [5, 5.41) is 0. The van der Waals surface area contributed by atoms with Crippen LogP contribution in [0, 0.1) is 0 Å². The van der Waals surface area contributed by atoms with E-state index in [9.17, 15) is 18.0 Å². The van der Waals surface area contributed by atoms with Crippen molar-refractivity contribution in [2.24, 2.45) is 5.73 Å². The van der Waals surface area contributed by atoms with Crippen LogP contribution in [0.15, 0.2) is 0 Å².